The fraction of sp³-hybridized carbons (Fsp3) is 0.316. The first kappa shape index (κ1) is 16.9. The average molecular weight is 313 g/mol. The highest BCUT2D eigenvalue weighted by atomic mass is 16.5. The van der Waals surface area contributed by atoms with Gasteiger partial charge in [0.1, 0.15) is 0 Å². The summed E-state index contributed by atoms with van der Waals surface area (Å²) in [5.41, 5.74) is 3.04. The first-order chi connectivity index (χ1) is 11.1. The molecule has 0 spiro atoms. The van der Waals surface area contributed by atoms with Gasteiger partial charge in [0.05, 0.1) is 13.7 Å². The number of hydrogen-bond acceptors (Lipinski definition) is 3. The van der Waals surface area contributed by atoms with Crippen LogP contribution in [0.4, 0.5) is 5.69 Å². The van der Waals surface area contributed by atoms with Gasteiger partial charge in [0.15, 0.2) is 11.5 Å². The molecule has 4 heteroatoms. The van der Waals surface area contributed by atoms with Gasteiger partial charge in [-0.2, -0.15) is 0 Å². The molecule has 0 saturated carbocycles. The Morgan fingerprint density at radius 3 is 2.48 bits per heavy atom. The number of rotatable bonds is 7. The summed E-state index contributed by atoms with van der Waals surface area (Å²) in [5, 5.41) is 2.90. The van der Waals surface area contributed by atoms with Crippen molar-refractivity contribution in [1.82, 2.24) is 0 Å². The van der Waals surface area contributed by atoms with E-state index in [-0.39, 0.29) is 5.91 Å². The lowest BCUT2D eigenvalue weighted by Gasteiger charge is -2.11. The molecule has 23 heavy (non-hydrogen) atoms. The molecule has 0 unspecified atom stereocenters. The monoisotopic (exact) mass is 313 g/mol. The Hall–Kier alpha value is -2.49. The first-order valence-electron chi connectivity index (χ1n) is 7.78. The van der Waals surface area contributed by atoms with Crippen LogP contribution in [0.1, 0.15) is 24.5 Å². The Morgan fingerprint density at radius 1 is 1.09 bits per heavy atom. The Bertz CT molecular complexity index is 650. The number of methoxy groups -OCH3 is 1. The van der Waals surface area contributed by atoms with Crippen molar-refractivity contribution in [1.29, 1.82) is 0 Å². The molecule has 4 nitrogen and oxygen atoms in total. The van der Waals surface area contributed by atoms with Crippen LogP contribution in [0, 0.1) is 6.92 Å². The van der Waals surface area contributed by atoms with Crippen molar-refractivity contribution in [2.75, 3.05) is 19.0 Å². The van der Waals surface area contributed by atoms with E-state index in [0.717, 1.165) is 17.0 Å². The van der Waals surface area contributed by atoms with Gasteiger partial charge >= 0.3 is 0 Å². The summed E-state index contributed by atoms with van der Waals surface area (Å²) in [4.78, 5) is 12.0. The number of aryl methyl sites for hydroxylation is 2. The lowest BCUT2D eigenvalue weighted by molar-refractivity contribution is -0.116. The zero-order chi connectivity index (χ0) is 16.7. The van der Waals surface area contributed by atoms with E-state index in [9.17, 15) is 4.79 Å². The molecule has 2 rings (SSSR count). The van der Waals surface area contributed by atoms with Gasteiger partial charge in [0, 0.05) is 12.1 Å². The maximum absolute atomic E-state index is 12.0. The molecular weight excluding hydrogens is 290 g/mol. The summed E-state index contributed by atoms with van der Waals surface area (Å²) in [6, 6.07) is 13.5. The number of amides is 1. The number of anilines is 1. The van der Waals surface area contributed by atoms with Gasteiger partial charge in [-0.1, -0.05) is 23.8 Å². The molecule has 0 aromatic heterocycles. The summed E-state index contributed by atoms with van der Waals surface area (Å²) in [6.07, 6.45) is 1.07. The van der Waals surface area contributed by atoms with Gasteiger partial charge in [-0.25, -0.2) is 0 Å². The highest BCUT2D eigenvalue weighted by Gasteiger charge is 2.07. The van der Waals surface area contributed by atoms with Gasteiger partial charge in [-0.3, -0.25) is 4.79 Å². The number of benzene rings is 2. The van der Waals surface area contributed by atoms with Crippen LogP contribution in [0.2, 0.25) is 0 Å². The van der Waals surface area contributed by atoms with Crippen LogP contribution in [-0.2, 0) is 11.2 Å². The molecule has 0 heterocycles. The highest BCUT2D eigenvalue weighted by molar-refractivity contribution is 5.90. The van der Waals surface area contributed by atoms with Crippen LogP contribution in [0.25, 0.3) is 0 Å². The van der Waals surface area contributed by atoms with Crippen molar-refractivity contribution < 1.29 is 14.3 Å². The second-order valence-corrected chi connectivity index (χ2v) is 5.33. The Labute approximate surface area is 137 Å². The molecule has 0 aliphatic heterocycles. The molecule has 122 valence electrons. The number of carbonyl (C=O) groups excluding carboxylic acids is 1. The van der Waals surface area contributed by atoms with Gasteiger partial charge in [0.2, 0.25) is 5.91 Å². The van der Waals surface area contributed by atoms with Crippen LogP contribution in [0.3, 0.4) is 0 Å². The van der Waals surface area contributed by atoms with Gasteiger partial charge in [0.25, 0.3) is 0 Å². The molecule has 0 aliphatic rings. The van der Waals surface area contributed by atoms with Crippen molar-refractivity contribution in [2.24, 2.45) is 0 Å². The molecule has 0 bridgehead atoms. The Kier molecular flexibility index (Phi) is 6.03. The maximum Gasteiger partial charge on any atom is 0.224 e. The Balaban J connectivity index is 1.92. The lowest BCUT2D eigenvalue weighted by Crippen LogP contribution is -2.12. The summed E-state index contributed by atoms with van der Waals surface area (Å²) in [5.74, 6) is 1.42. The number of ether oxygens (including phenoxy) is 2. The van der Waals surface area contributed by atoms with Crippen LogP contribution in [0.5, 0.6) is 11.5 Å². The molecular formula is C19H23NO3. The van der Waals surface area contributed by atoms with E-state index in [1.165, 1.54) is 5.56 Å². The van der Waals surface area contributed by atoms with Gasteiger partial charge in [-0.15, -0.1) is 0 Å². The Morgan fingerprint density at radius 2 is 1.83 bits per heavy atom. The van der Waals surface area contributed by atoms with E-state index >= 15 is 0 Å². The van der Waals surface area contributed by atoms with Crippen LogP contribution in [0.15, 0.2) is 42.5 Å². The number of nitrogens with one attached hydrogen (secondary N) is 1. The summed E-state index contributed by atoms with van der Waals surface area (Å²) >= 11 is 0. The van der Waals surface area contributed by atoms with Crippen LogP contribution < -0.4 is 14.8 Å². The molecule has 2 aromatic carbocycles. The molecule has 0 aliphatic carbocycles. The fourth-order valence-electron chi connectivity index (χ4n) is 2.26. The minimum Gasteiger partial charge on any atom is -0.493 e. The molecule has 2 aromatic rings. The van der Waals surface area contributed by atoms with Crippen molar-refractivity contribution in [3.8, 4) is 11.5 Å². The normalized spacial score (nSPS) is 10.2. The molecule has 0 saturated heterocycles. The SMILES string of the molecule is CCOc1ccc(CCC(=O)Nc2ccc(C)cc2)cc1OC. The second-order valence-electron chi connectivity index (χ2n) is 5.33. The molecule has 0 radical (unpaired) electrons. The van der Waals surface area contributed by atoms with E-state index in [4.69, 9.17) is 9.47 Å². The predicted octanol–water partition coefficient (Wildman–Crippen LogP) is 3.97. The third-order valence-electron chi connectivity index (χ3n) is 3.50. The lowest BCUT2D eigenvalue weighted by atomic mass is 10.1. The average Bonchev–Trinajstić information content (AvgIpc) is 2.56. The third-order valence-corrected chi connectivity index (χ3v) is 3.50. The van der Waals surface area contributed by atoms with E-state index in [1.807, 2.05) is 56.3 Å². The molecule has 0 atom stereocenters. The molecule has 0 fully saturated rings. The minimum absolute atomic E-state index is 0.00158. The van der Waals surface area contributed by atoms with Crippen molar-refractivity contribution >= 4 is 11.6 Å². The highest BCUT2D eigenvalue weighted by Crippen LogP contribution is 2.28. The molecule has 1 amide bonds. The third kappa shape index (κ3) is 5.02. The summed E-state index contributed by atoms with van der Waals surface area (Å²) in [6.45, 7) is 4.54. The summed E-state index contributed by atoms with van der Waals surface area (Å²) in [7, 11) is 1.62. The topological polar surface area (TPSA) is 47.6 Å². The number of hydrogen-bond donors (Lipinski definition) is 1. The van der Waals surface area contributed by atoms with Crippen LogP contribution >= 0.6 is 0 Å². The summed E-state index contributed by atoms with van der Waals surface area (Å²) < 4.78 is 10.8. The fourth-order valence-corrected chi connectivity index (χ4v) is 2.26. The minimum atomic E-state index is 0.00158. The van der Waals surface area contributed by atoms with E-state index in [0.29, 0.717) is 25.2 Å². The maximum atomic E-state index is 12.0. The van der Waals surface area contributed by atoms with Gasteiger partial charge in [-0.05, 0) is 50.1 Å². The first-order valence-corrected chi connectivity index (χ1v) is 7.78. The van der Waals surface area contributed by atoms with E-state index in [1.54, 1.807) is 7.11 Å². The largest absolute Gasteiger partial charge is 0.493 e. The van der Waals surface area contributed by atoms with E-state index < -0.39 is 0 Å². The molecule has 1 N–H and O–H groups in total. The van der Waals surface area contributed by atoms with Crippen LogP contribution in [-0.4, -0.2) is 19.6 Å². The predicted molar refractivity (Wildman–Crippen MR) is 92.3 cm³/mol. The van der Waals surface area contributed by atoms with Crippen molar-refractivity contribution in [3.63, 3.8) is 0 Å². The standard InChI is InChI=1S/C19H23NO3/c1-4-23-17-11-7-15(13-18(17)22-3)8-12-19(21)20-16-9-5-14(2)6-10-16/h5-7,9-11,13H,4,8,12H2,1-3H3,(H,20,21). The van der Waals surface area contributed by atoms with Crippen molar-refractivity contribution in [2.45, 2.75) is 26.7 Å². The quantitative estimate of drug-likeness (QED) is 0.841. The van der Waals surface area contributed by atoms with Gasteiger partial charge < -0.3 is 14.8 Å². The zero-order valence-electron chi connectivity index (χ0n) is 13.9. The van der Waals surface area contributed by atoms with E-state index in [2.05, 4.69) is 5.32 Å². The second kappa shape index (κ2) is 8.22. The van der Waals surface area contributed by atoms with Crippen molar-refractivity contribution in [3.05, 3.63) is 53.6 Å². The number of carbonyl (C=O) groups is 1. The smallest absolute Gasteiger partial charge is 0.224 e. The zero-order valence-corrected chi connectivity index (χ0v) is 13.9.